The molecule has 0 aliphatic carbocycles. The van der Waals surface area contributed by atoms with Crippen LogP contribution in [0.2, 0.25) is 0 Å². The number of hydrogen-bond acceptors (Lipinski definition) is 4. The Labute approximate surface area is 123 Å². The van der Waals surface area contributed by atoms with E-state index < -0.39 is 4.92 Å². The van der Waals surface area contributed by atoms with E-state index in [0.29, 0.717) is 11.6 Å². The summed E-state index contributed by atoms with van der Waals surface area (Å²) < 4.78 is 0. The van der Waals surface area contributed by atoms with Gasteiger partial charge in [-0.1, -0.05) is 12.1 Å². The van der Waals surface area contributed by atoms with E-state index in [-0.39, 0.29) is 24.1 Å². The Balaban J connectivity index is 1.74. The number of carbonyl (C=O) groups is 1. The van der Waals surface area contributed by atoms with E-state index in [1.807, 2.05) is 4.90 Å². The predicted octanol–water partition coefficient (Wildman–Crippen LogP) is 1.49. The summed E-state index contributed by atoms with van der Waals surface area (Å²) in [4.78, 5) is 25.0. The van der Waals surface area contributed by atoms with Crippen LogP contribution in [0, 0.1) is 10.1 Å². The van der Waals surface area contributed by atoms with Crippen molar-refractivity contribution in [2.75, 3.05) is 13.1 Å². The van der Waals surface area contributed by atoms with Gasteiger partial charge in [-0.15, -0.1) is 0 Å². The maximum absolute atomic E-state index is 12.6. The molecule has 112 valence electrons. The molecule has 1 aromatic carbocycles. The normalized spacial score (nSPS) is 24.7. The van der Waals surface area contributed by atoms with Crippen molar-refractivity contribution in [3.63, 3.8) is 0 Å². The molecule has 2 fully saturated rings. The van der Waals surface area contributed by atoms with Crippen LogP contribution in [-0.4, -0.2) is 40.9 Å². The van der Waals surface area contributed by atoms with Crippen LogP contribution in [0.4, 0.5) is 5.69 Å². The van der Waals surface area contributed by atoms with Crippen LogP contribution < -0.4 is 5.32 Å². The van der Waals surface area contributed by atoms with Crippen LogP contribution in [0.3, 0.4) is 0 Å². The molecular formula is C15H19N3O3. The zero-order chi connectivity index (χ0) is 14.8. The second-order valence-electron chi connectivity index (χ2n) is 5.78. The fourth-order valence-electron chi connectivity index (χ4n) is 3.44. The Morgan fingerprint density at radius 3 is 2.95 bits per heavy atom. The highest BCUT2D eigenvalue weighted by molar-refractivity contribution is 5.80. The number of nitro benzene ring substituents is 1. The summed E-state index contributed by atoms with van der Waals surface area (Å²) in [5, 5.41) is 14.2. The van der Waals surface area contributed by atoms with Gasteiger partial charge in [-0.3, -0.25) is 14.9 Å². The van der Waals surface area contributed by atoms with Crippen LogP contribution in [0.5, 0.6) is 0 Å². The first kappa shape index (κ1) is 14.0. The van der Waals surface area contributed by atoms with Crippen molar-refractivity contribution in [3.05, 3.63) is 39.9 Å². The predicted molar refractivity (Wildman–Crippen MR) is 77.9 cm³/mol. The summed E-state index contributed by atoms with van der Waals surface area (Å²) in [6.45, 7) is 1.82. The number of non-ortho nitro benzene ring substituents is 1. The van der Waals surface area contributed by atoms with E-state index in [4.69, 9.17) is 0 Å². The van der Waals surface area contributed by atoms with Crippen molar-refractivity contribution in [3.8, 4) is 0 Å². The van der Waals surface area contributed by atoms with Gasteiger partial charge >= 0.3 is 0 Å². The standard InChI is InChI=1S/C15H19N3O3/c19-15(9-11-2-1-3-13(8-11)18(20)21)17-12-4-5-14(17)10-16-7-6-12/h1-3,8,12,14,16H,4-7,9-10H2. The lowest BCUT2D eigenvalue weighted by Crippen LogP contribution is -2.43. The molecule has 0 radical (unpaired) electrons. The van der Waals surface area contributed by atoms with Gasteiger partial charge in [0.2, 0.25) is 5.91 Å². The van der Waals surface area contributed by atoms with Crippen LogP contribution >= 0.6 is 0 Å². The second kappa shape index (κ2) is 5.81. The lowest BCUT2D eigenvalue weighted by molar-refractivity contribution is -0.384. The Hall–Kier alpha value is -1.95. The third-order valence-corrected chi connectivity index (χ3v) is 4.42. The molecule has 0 spiro atoms. The Morgan fingerprint density at radius 2 is 2.14 bits per heavy atom. The number of carbonyl (C=O) groups excluding carboxylic acids is 1. The highest BCUT2D eigenvalue weighted by Crippen LogP contribution is 2.28. The SMILES string of the molecule is O=C(Cc1cccc([N+](=O)[O-])c1)N1C2CCNCC1CC2. The molecule has 1 N–H and O–H groups in total. The molecule has 1 aromatic rings. The molecule has 0 saturated carbocycles. The monoisotopic (exact) mass is 289 g/mol. The number of nitro groups is 1. The number of nitrogens with zero attached hydrogens (tertiary/aromatic N) is 2. The van der Waals surface area contributed by atoms with E-state index in [9.17, 15) is 14.9 Å². The van der Waals surface area contributed by atoms with Gasteiger partial charge in [0.05, 0.1) is 11.3 Å². The molecular weight excluding hydrogens is 270 g/mol. The first-order valence-electron chi connectivity index (χ1n) is 7.40. The van der Waals surface area contributed by atoms with E-state index >= 15 is 0 Å². The molecule has 2 aliphatic heterocycles. The number of rotatable bonds is 3. The van der Waals surface area contributed by atoms with Gasteiger partial charge in [-0.25, -0.2) is 0 Å². The molecule has 21 heavy (non-hydrogen) atoms. The summed E-state index contributed by atoms with van der Waals surface area (Å²) in [5.41, 5.74) is 0.756. The van der Waals surface area contributed by atoms with Crippen molar-refractivity contribution >= 4 is 11.6 Å². The molecule has 1 amide bonds. The van der Waals surface area contributed by atoms with Gasteiger partial charge < -0.3 is 10.2 Å². The largest absolute Gasteiger partial charge is 0.335 e. The maximum atomic E-state index is 12.6. The van der Waals surface area contributed by atoms with Crippen LogP contribution in [0.1, 0.15) is 24.8 Å². The maximum Gasteiger partial charge on any atom is 0.269 e. The number of amides is 1. The van der Waals surface area contributed by atoms with E-state index in [2.05, 4.69) is 5.32 Å². The fraction of sp³-hybridized carbons (Fsp3) is 0.533. The molecule has 2 unspecified atom stereocenters. The van der Waals surface area contributed by atoms with E-state index in [1.165, 1.54) is 12.1 Å². The van der Waals surface area contributed by atoms with Crippen molar-refractivity contribution < 1.29 is 9.72 Å². The quantitative estimate of drug-likeness (QED) is 0.675. The van der Waals surface area contributed by atoms with E-state index in [1.54, 1.807) is 12.1 Å². The minimum atomic E-state index is -0.423. The third kappa shape index (κ3) is 2.90. The summed E-state index contributed by atoms with van der Waals surface area (Å²) >= 11 is 0. The molecule has 6 nitrogen and oxygen atoms in total. The summed E-state index contributed by atoms with van der Waals surface area (Å²) in [7, 11) is 0. The minimum absolute atomic E-state index is 0.0424. The molecule has 2 saturated heterocycles. The zero-order valence-corrected chi connectivity index (χ0v) is 11.8. The summed E-state index contributed by atoms with van der Waals surface area (Å²) in [5.74, 6) is 0.0895. The van der Waals surface area contributed by atoms with Gasteiger partial charge in [0.25, 0.3) is 5.69 Å². The Kier molecular flexibility index (Phi) is 3.88. The van der Waals surface area contributed by atoms with Gasteiger partial charge in [-0.2, -0.15) is 0 Å². The average molecular weight is 289 g/mol. The minimum Gasteiger partial charge on any atom is -0.335 e. The topological polar surface area (TPSA) is 75.5 Å². The first-order valence-corrected chi connectivity index (χ1v) is 7.40. The van der Waals surface area contributed by atoms with Gasteiger partial charge in [-0.05, 0) is 31.4 Å². The molecule has 2 aliphatic rings. The summed E-state index contributed by atoms with van der Waals surface area (Å²) in [6.07, 6.45) is 3.37. The zero-order valence-electron chi connectivity index (χ0n) is 11.8. The second-order valence-corrected chi connectivity index (χ2v) is 5.78. The molecule has 0 aromatic heterocycles. The van der Waals surface area contributed by atoms with Crippen molar-refractivity contribution in [2.24, 2.45) is 0 Å². The van der Waals surface area contributed by atoms with E-state index in [0.717, 1.165) is 32.4 Å². The first-order chi connectivity index (χ1) is 10.1. The Bertz CT molecular complexity index is 547. The lowest BCUT2D eigenvalue weighted by Gasteiger charge is -2.28. The van der Waals surface area contributed by atoms with Gasteiger partial charge in [0.15, 0.2) is 0 Å². The smallest absolute Gasteiger partial charge is 0.269 e. The van der Waals surface area contributed by atoms with Crippen molar-refractivity contribution in [1.29, 1.82) is 0 Å². The van der Waals surface area contributed by atoms with Gasteiger partial charge in [0.1, 0.15) is 0 Å². The number of hydrogen-bond donors (Lipinski definition) is 1. The summed E-state index contributed by atoms with van der Waals surface area (Å²) in [6, 6.07) is 6.98. The number of fused-ring (bicyclic) bond motifs is 2. The molecule has 2 bridgehead atoms. The van der Waals surface area contributed by atoms with Gasteiger partial charge in [0, 0.05) is 30.8 Å². The molecule has 2 heterocycles. The Morgan fingerprint density at radius 1 is 1.33 bits per heavy atom. The fourth-order valence-corrected chi connectivity index (χ4v) is 3.44. The highest BCUT2D eigenvalue weighted by Gasteiger charge is 2.37. The van der Waals surface area contributed by atoms with Crippen LogP contribution in [0.25, 0.3) is 0 Å². The third-order valence-electron chi connectivity index (χ3n) is 4.42. The average Bonchev–Trinajstić information content (AvgIpc) is 2.72. The molecule has 3 rings (SSSR count). The number of nitrogens with one attached hydrogen (secondary N) is 1. The van der Waals surface area contributed by atoms with Crippen molar-refractivity contribution in [1.82, 2.24) is 10.2 Å². The number of benzene rings is 1. The molecule has 2 atom stereocenters. The van der Waals surface area contributed by atoms with Crippen molar-refractivity contribution in [2.45, 2.75) is 37.8 Å². The molecule has 6 heteroatoms. The van der Waals surface area contributed by atoms with Crippen LogP contribution in [0.15, 0.2) is 24.3 Å². The van der Waals surface area contributed by atoms with Crippen LogP contribution in [-0.2, 0) is 11.2 Å². The lowest BCUT2D eigenvalue weighted by atomic mass is 10.1. The highest BCUT2D eigenvalue weighted by atomic mass is 16.6.